The Morgan fingerprint density at radius 2 is 2.08 bits per heavy atom. The molecule has 8 nitrogen and oxygen atoms in total. The van der Waals surface area contributed by atoms with Crippen molar-refractivity contribution in [1.29, 1.82) is 5.26 Å². The van der Waals surface area contributed by atoms with Crippen molar-refractivity contribution in [3.8, 4) is 17.6 Å². The summed E-state index contributed by atoms with van der Waals surface area (Å²) in [6, 6.07) is 11.8. The second-order valence-electron chi connectivity index (χ2n) is 9.36. The lowest BCUT2D eigenvalue weighted by molar-refractivity contribution is -0.111. The van der Waals surface area contributed by atoms with Gasteiger partial charge < -0.3 is 19.4 Å². The van der Waals surface area contributed by atoms with E-state index in [2.05, 4.69) is 27.0 Å². The molecular formula is C30H29N5O3. The van der Waals surface area contributed by atoms with E-state index in [9.17, 15) is 10.1 Å². The third kappa shape index (κ3) is 4.37. The van der Waals surface area contributed by atoms with E-state index in [1.165, 1.54) is 6.08 Å². The summed E-state index contributed by atoms with van der Waals surface area (Å²) in [6.45, 7) is 3.95. The SMILES string of the molecule is COc1ccc2c(c1OC)CCCC2n1c(C=CC(=O)Nc2cccnc2)c(C#N)c2c(C)cc(C)nc21. The second-order valence-corrected chi connectivity index (χ2v) is 9.36. The lowest BCUT2D eigenvalue weighted by Crippen LogP contribution is -2.20. The molecule has 3 aromatic heterocycles. The number of aryl methyl sites for hydroxylation is 2. The number of ether oxygens (including phenoxy) is 2. The number of nitrogens with zero attached hydrogens (tertiary/aromatic N) is 4. The Hall–Kier alpha value is -4.64. The Morgan fingerprint density at radius 3 is 2.79 bits per heavy atom. The first-order valence-electron chi connectivity index (χ1n) is 12.5. The van der Waals surface area contributed by atoms with Gasteiger partial charge in [0.2, 0.25) is 5.91 Å². The number of rotatable bonds is 6. The zero-order chi connectivity index (χ0) is 26.8. The molecular weight excluding hydrogens is 478 g/mol. The number of hydrogen-bond acceptors (Lipinski definition) is 6. The minimum Gasteiger partial charge on any atom is -0.493 e. The van der Waals surface area contributed by atoms with Gasteiger partial charge >= 0.3 is 0 Å². The molecule has 1 unspecified atom stereocenters. The number of carbonyl (C=O) groups is 1. The lowest BCUT2D eigenvalue weighted by Gasteiger charge is -2.30. The van der Waals surface area contributed by atoms with Crippen LogP contribution in [0.2, 0.25) is 0 Å². The Kier molecular flexibility index (Phi) is 6.84. The molecule has 0 saturated heterocycles. The fraction of sp³-hybridized carbons (Fsp3) is 0.267. The van der Waals surface area contributed by atoms with Crippen molar-refractivity contribution in [1.82, 2.24) is 14.5 Å². The quantitative estimate of drug-likeness (QED) is 0.345. The number of fused-ring (bicyclic) bond motifs is 2. The van der Waals surface area contributed by atoms with Crippen LogP contribution in [-0.4, -0.2) is 34.7 Å². The van der Waals surface area contributed by atoms with E-state index in [0.717, 1.165) is 58.4 Å². The number of amides is 1. The Balaban J connectivity index is 1.70. The number of nitrogens with one attached hydrogen (secondary N) is 1. The van der Waals surface area contributed by atoms with Crippen LogP contribution >= 0.6 is 0 Å². The van der Waals surface area contributed by atoms with Gasteiger partial charge in [0.05, 0.1) is 43.4 Å². The fourth-order valence-electron chi connectivity index (χ4n) is 5.50. The van der Waals surface area contributed by atoms with Crippen LogP contribution in [0.1, 0.15) is 52.5 Å². The average Bonchev–Trinajstić information content (AvgIpc) is 3.24. The zero-order valence-electron chi connectivity index (χ0n) is 21.9. The largest absolute Gasteiger partial charge is 0.493 e. The molecule has 8 heteroatoms. The molecule has 1 N–H and O–H groups in total. The molecule has 1 aromatic carbocycles. The maximum atomic E-state index is 12.8. The minimum absolute atomic E-state index is 0.0992. The summed E-state index contributed by atoms with van der Waals surface area (Å²) in [5, 5.41) is 13.9. The lowest BCUT2D eigenvalue weighted by atomic mass is 9.86. The van der Waals surface area contributed by atoms with Gasteiger partial charge in [0.1, 0.15) is 11.7 Å². The smallest absolute Gasteiger partial charge is 0.248 e. The minimum atomic E-state index is -0.310. The number of benzene rings is 1. The Labute approximate surface area is 221 Å². The summed E-state index contributed by atoms with van der Waals surface area (Å²) < 4.78 is 13.4. The van der Waals surface area contributed by atoms with Gasteiger partial charge in [0.15, 0.2) is 11.5 Å². The number of aromatic nitrogens is 3. The molecule has 0 aliphatic heterocycles. The standard InChI is InChI=1S/C30H29N5O3/c1-18-15-19(2)33-30-28(18)23(16-31)25(11-13-27(36)34-20-7-6-14-32-17-20)35(30)24-9-5-8-22-21(24)10-12-26(37-3)29(22)38-4/h6-7,10-15,17,24H,5,8-9H2,1-4H3,(H,34,36). The maximum absolute atomic E-state index is 12.8. The molecule has 3 heterocycles. The number of carbonyl (C=O) groups excluding carboxylic acids is 1. The van der Waals surface area contributed by atoms with Crippen molar-refractivity contribution in [3.05, 3.63) is 82.4 Å². The molecule has 1 aliphatic rings. The first-order chi connectivity index (χ1) is 18.5. The molecule has 4 aromatic rings. The number of pyridine rings is 2. The van der Waals surface area contributed by atoms with E-state index in [0.29, 0.717) is 22.7 Å². The van der Waals surface area contributed by atoms with Crippen LogP contribution in [0.3, 0.4) is 0 Å². The van der Waals surface area contributed by atoms with E-state index in [1.54, 1.807) is 44.8 Å². The molecule has 1 aliphatic carbocycles. The highest BCUT2D eigenvalue weighted by molar-refractivity contribution is 6.03. The van der Waals surface area contributed by atoms with E-state index in [1.807, 2.05) is 26.0 Å². The van der Waals surface area contributed by atoms with Crippen molar-refractivity contribution >= 4 is 28.7 Å². The van der Waals surface area contributed by atoms with Crippen LogP contribution in [0.5, 0.6) is 11.5 Å². The normalized spacial score (nSPS) is 14.8. The number of methoxy groups -OCH3 is 2. The van der Waals surface area contributed by atoms with Gasteiger partial charge in [0.25, 0.3) is 0 Å². The molecule has 38 heavy (non-hydrogen) atoms. The van der Waals surface area contributed by atoms with E-state index in [4.69, 9.17) is 14.5 Å². The third-order valence-electron chi connectivity index (χ3n) is 7.01. The van der Waals surface area contributed by atoms with Gasteiger partial charge in [-0.1, -0.05) is 6.07 Å². The van der Waals surface area contributed by atoms with Crippen LogP contribution in [-0.2, 0) is 11.2 Å². The highest BCUT2D eigenvalue weighted by atomic mass is 16.5. The highest BCUT2D eigenvalue weighted by Crippen LogP contribution is 2.45. The van der Waals surface area contributed by atoms with Gasteiger partial charge in [0, 0.05) is 28.9 Å². The summed E-state index contributed by atoms with van der Waals surface area (Å²) >= 11 is 0. The molecule has 0 radical (unpaired) electrons. The predicted octanol–water partition coefficient (Wildman–Crippen LogP) is 5.51. The van der Waals surface area contributed by atoms with Gasteiger partial charge in [-0.2, -0.15) is 5.26 Å². The Morgan fingerprint density at radius 1 is 1.24 bits per heavy atom. The number of nitriles is 1. The fourth-order valence-corrected chi connectivity index (χ4v) is 5.50. The van der Waals surface area contributed by atoms with Crippen molar-refractivity contribution in [2.75, 3.05) is 19.5 Å². The first kappa shape index (κ1) is 25.0. The first-order valence-corrected chi connectivity index (χ1v) is 12.5. The molecule has 0 bridgehead atoms. The summed E-state index contributed by atoms with van der Waals surface area (Å²) in [7, 11) is 3.29. The van der Waals surface area contributed by atoms with Gasteiger partial charge in [-0.3, -0.25) is 9.78 Å². The van der Waals surface area contributed by atoms with Crippen LogP contribution in [0.25, 0.3) is 17.1 Å². The van der Waals surface area contributed by atoms with Crippen LogP contribution in [0.4, 0.5) is 5.69 Å². The van der Waals surface area contributed by atoms with Gasteiger partial charge in [-0.05, 0) is 74.6 Å². The predicted molar refractivity (Wildman–Crippen MR) is 146 cm³/mol. The molecule has 0 saturated carbocycles. The average molecular weight is 508 g/mol. The molecule has 192 valence electrons. The van der Waals surface area contributed by atoms with Crippen molar-refractivity contribution in [3.63, 3.8) is 0 Å². The third-order valence-corrected chi connectivity index (χ3v) is 7.01. The van der Waals surface area contributed by atoms with Gasteiger partial charge in [-0.15, -0.1) is 0 Å². The van der Waals surface area contributed by atoms with Crippen molar-refractivity contribution in [2.24, 2.45) is 0 Å². The van der Waals surface area contributed by atoms with E-state index in [-0.39, 0.29) is 11.9 Å². The van der Waals surface area contributed by atoms with Crippen LogP contribution < -0.4 is 14.8 Å². The molecule has 0 spiro atoms. The van der Waals surface area contributed by atoms with Crippen LogP contribution in [0.15, 0.2) is 48.8 Å². The highest BCUT2D eigenvalue weighted by Gasteiger charge is 2.31. The van der Waals surface area contributed by atoms with Gasteiger partial charge in [-0.25, -0.2) is 4.98 Å². The summed E-state index contributed by atoms with van der Waals surface area (Å²) in [5.74, 6) is 1.12. The van der Waals surface area contributed by atoms with E-state index >= 15 is 0 Å². The van der Waals surface area contributed by atoms with Crippen molar-refractivity contribution < 1.29 is 14.3 Å². The van der Waals surface area contributed by atoms with E-state index < -0.39 is 0 Å². The molecule has 1 amide bonds. The topological polar surface area (TPSA) is 102 Å². The number of anilines is 1. The van der Waals surface area contributed by atoms with Crippen LogP contribution in [0, 0.1) is 25.2 Å². The Bertz CT molecular complexity index is 1600. The summed E-state index contributed by atoms with van der Waals surface area (Å²) in [4.78, 5) is 21.7. The monoisotopic (exact) mass is 507 g/mol. The summed E-state index contributed by atoms with van der Waals surface area (Å²) in [5.41, 5.74) is 6.52. The number of hydrogen-bond donors (Lipinski definition) is 1. The summed E-state index contributed by atoms with van der Waals surface area (Å²) in [6.07, 6.45) is 9.05. The molecule has 0 fully saturated rings. The maximum Gasteiger partial charge on any atom is 0.248 e. The molecule has 1 atom stereocenters. The molecule has 5 rings (SSSR count). The second kappa shape index (κ2) is 10.4. The zero-order valence-corrected chi connectivity index (χ0v) is 21.9. The van der Waals surface area contributed by atoms with Crippen molar-refractivity contribution in [2.45, 2.75) is 39.2 Å².